The van der Waals surface area contributed by atoms with Crippen molar-refractivity contribution < 1.29 is 22.9 Å². The van der Waals surface area contributed by atoms with Gasteiger partial charge in [-0.15, -0.1) is 0 Å². The highest BCUT2D eigenvalue weighted by Gasteiger charge is 2.30. The van der Waals surface area contributed by atoms with Crippen molar-refractivity contribution >= 4 is 42.7 Å². The molecule has 0 spiro atoms. The van der Waals surface area contributed by atoms with Crippen LogP contribution in [0.25, 0.3) is 0 Å². The Morgan fingerprint density at radius 1 is 1.44 bits per heavy atom. The Bertz CT molecular complexity index is 443. The molecule has 6 nitrogen and oxygen atoms in total. The van der Waals surface area contributed by atoms with Crippen LogP contribution in [0.1, 0.15) is 6.42 Å². The number of nitrogens with zero attached hydrogens (tertiary/aromatic N) is 1. The lowest BCUT2D eigenvalue weighted by Gasteiger charge is -2.07. The fourth-order valence-electron chi connectivity index (χ4n) is 0.855. The van der Waals surface area contributed by atoms with Gasteiger partial charge in [-0.2, -0.15) is 8.42 Å². The molecule has 2 N–H and O–H groups in total. The topological polar surface area (TPSA) is 104 Å². The minimum atomic E-state index is -4.57. The van der Waals surface area contributed by atoms with Crippen molar-refractivity contribution in [1.29, 1.82) is 0 Å². The van der Waals surface area contributed by atoms with Crippen LogP contribution in [-0.2, 0) is 14.9 Å². The van der Waals surface area contributed by atoms with Gasteiger partial charge in [-0.3, -0.25) is 9.35 Å². The first-order chi connectivity index (χ1) is 8.32. The first kappa shape index (κ1) is 17.2. The highest BCUT2D eigenvalue weighted by molar-refractivity contribution is 8.82. The SMILES string of the molecule is C=CN=C(C=C)SSCCC(C(=O)O)S(=O)(=O)O. The van der Waals surface area contributed by atoms with Gasteiger partial charge in [0.25, 0.3) is 10.1 Å². The molecule has 0 heterocycles. The predicted octanol–water partition coefficient (Wildman–Crippen LogP) is 1.83. The number of aliphatic carboxylic acids is 1. The molecule has 1 atom stereocenters. The van der Waals surface area contributed by atoms with E-state index in [1.165, 1.54) is 33.9 Å². The van der Waals surface area contributed by atoms with E-state index in [2.05, 4.69) is 18.2 Å². The second-order valence-electron chi connectivity index (χ2n) is 2.89. The summed E-state index contributed by atoms with van der Waals surface area (Å²) in [7, 11) is -2.14. The maximum atomic E-state index is 10.8. The molecule has 0 aliphatic heterocycles. The first-order valence-electron chi connectivity index (χ1n) is 4.62. The molecule has 0 saturated heterocycles. The summed E-state index contributed by atoms with van der Waals surface area (Å²) in [4.78, 5) is 14.5. The third-order valence-electron chi connectivity index (χ3n) is 1.64. The molecule has 0 aromatic rings. The zero-order valence-corrected chi connectivity index (χ0v) is 11.8. The lowest BCUT2D eigenvalue weighted by atomic mass is 10.3. The van der Waals surface area contributed by atoms with Gasteiger partial charge < -0.3 is 5.11 Å². The van der Waals surface area contributed by atoms with Crippen LogP contribution in [0, 0.1) is 0 Å². The van der Waals surface area contributed by atoms with E-state index >= 15 is 0 Å². The standard InChI is InChI=1S/C9H13NO5S3/c1-3-8(10-4-2)17-16-6-5-7(9(11)12)18(13,14)15/h3-4,7H,1-2,5-6H2,(H,11,12)(H,13,14,15). The van der Waals surface area contributed by atoms with Gasteiger partial charge >= 0.3 is 5.97 Å². The molecule has 0 amide bonds. The van der Waals surface area contributed by atoms with Crippen LogP contribution in [0.4, 0.5) is 0 Å². The van der Waals surface area contributed by atoms with E-state index in [9.17, 15) is 13.2 Å². The Morgan fingerprint density at radius 2 is 2.06 bits per heavy atom. The number of carbonyl (C=O) groups is 1. The summed E-state index contributed by atoms with van der Waals surface area (Å²) in [5.74, 6) is -1.34. The van der Waals surface area contributed by atoms with Gasteiger partial charge in [0.1, 0.15) is 5.04 Å². The van der Waals surface area contributed by atoms with Crippen LogP contribution >= 0.6 is 21.6 Å². The third kappa shape index (κ3) is 6.84. The molecular weight excluding hydrogens is 298 g/mol. The minimum Gasteiger partial charge on any atom is -0.480 e. The van der Waals surface area contributed by atoms with Crippen LogP contribution in [0.2, 0.25) is 0 Å². The fourth-order valence-corrected chi connectivity index (χ4v) is 3.63. The molecule has 0 radical (unpaired) electrons. The number of rotatable bonds is 8. The Labute approximate surface area is 113 Å². The molecule has 102 valence electrons. The van der Waals surface area contributed by atoms with E-state index in [0.717, 1.165) is 0 Å². The molecule has 0 bridgehead atoms. The average Bonchev–Trinajstić information content (AvgIpc) is 2.24. The van der Waals surface area contributed by atoms with Crippen molar-refractivity contribution in [3.63, 3.8) is 0 Å². The molecule has 0 fully saturated rings. The van der Waals surface area contributed by atoms with Crippen LogP contribution in [0.15, 0.2) is 30.4 Å². The lowest BCUT2D eigenvalue weighted by molar-refractivity contribution is -0.136. The summed E-state index contributed by atoms with van der Waals surface area (Å²) in [5, 5.41) is 7.42. The van der Waals surface area contributed by atoms with Gasteiger partial charge in [0.05, 0.1) is 0 Å². The normalized spacial score (nSPS) is 13.9. The Hall–Kier alpha value is -0.770. The van der Waals surface area contributed by atoms with E-state index in [0.29, 0.717) is 5.04 Å². The minimum absolute atomic E-state index is 0.190. The zero-order chi connectivity index (χ0) is 14.2. The van der Waals surface area contributed by atoms with Crippen molar-refractivity contribution in [2.45, 2.75) is 11.7 Å². The maximum Gasteiger partial charge on any atom is 0.324 e. The Morgan fingerprint density at radius 3 is 2.44 bits per heavy atom. The van der Waals surface area contributed by atoms with Crippen molar-refractivity contribution in [1.82, 2.24) is 0 Å². The van der Waals surface area contributed by atoms with Gasteiger partial charge in [-0.05, 0) is 23.3 Å². The van der Waals surface area contributed by atoms with Crippen LogP contribution < -0.4 is 0 Å². The maximum absolute atomic E-state index is 10.8. The van der Waals surface area contributed by atoms with Gasteiger partial charge in [0.15, 0.2) is 5.25 Å². The van der Waals surface area contributed by atoms with E-state index in [1.807, 2.05) is 0 Å². The quantitative estimate of drug-likeness (QED) is 0.232. The molecular formula is C9H13NO5S3. The number of carboxylic acids is 1. The number of hydrogen-bond donors (Lipinski definition) is 2. The van der Waals surface area contributed by atoms with Gasteiger partial charge in [0, 0.05) is 12.0 Å². The lowest BCUT2D eigenvalue weighted by Crippen LogP contribution is -2.30. The summed E-state index contributed by atoms with van der Waals surface area (Å²) in [6, 6.07) is 0. The highest BCUT2D eigenvalue weighted by Crippen LogP contribution is 2.25. The molecule has 9 heteroatoms. The molecule has 0 aliphatic carbocycles. The van der Waals surface area contributed by atoms with Crippen molar-refractivity contribution in [2.75, 3.05) is 5.75 Å². The molecule has 0 aliphatic rings. The van der Waals surface area contributed by atoms with E-state index in [-0.39, 0.29) is 12.2 Å². The van der Waals surface area contributed by atoms with E-state index < -0.39 is 21.3 Å². The molecule has 1 unspecified atom stereocenters. The van der Waals surface area contributed by atoms with Gasteiger partial charge in [-0.25, -0.2) is 4.99 Å². The Balaban J connectivity index is 4.25. The second-order valence-corrected chi connectivity index (χ2v) is 6.92. The van der Waals surface area contributed by atoms with Crippen LogP contribution in [0.3, 0.4) is 0 Å². The fraction of sp³-hybridized carbons (Fsp3) is 0.333. The average molecular weight is 311 g/mol. The molecule has 0 rings (SSSR count). The largest absolute Gasteiger partial charge is 0.480 e. The third-order valence-corrected chi connectivity index (χ3v) is 5.12. The van der Waals surface area contributed by atoms with Gasteiger partial charge in [-0.1, -0.05) is 24.0 Å². The summed E-state index contributed by atoms with van der Waals surface area (Å²) in [6.45, 7) is 6.93. The summed E-state index contributed by atoms with van der Waals surface area (Å²) >= 11 is 0. The predicted molar refractivity (Wildman–Crippen MR) is 75.5 cm³/mol. The number of carboxylic acid groups (broad SMARTS) is 1. The molecule has 0 saturated carbocycles. The van der Waals surface area contributed by atoms with Crippen molar-refractivity contribution in [3.8, 4) is 0 Å². The summed E-state index contributed by atoms with van der Waals surface area (Å²) < 4.78 is 30.2. The summed E-state index contributed by atoms with van der Waals surface area (Å²) in [6.07, 6.45) is 2.64. The molecule has 0 aromatic heterocycles. The first-order valence-corrected chi connectivity index (χ1v) is 8.44. The Kier molecular flexibility index (Phi) is 8.00. The summed E-state index contributed by atoms with van der Waals surface area (Å²) in [5.41, 5.74) is 0. The monoisotopic (exact) mass is 311 g/mol. The van der Waals surface area contributed by atoms with Crippen molar-refractivity contribution in [2.24, 2.45) is 4.99 Å². The van der Waals surface area contributed by atoms with Crippen LogP contribution in [0.5, 0.6) is 0 Å². The van der Waals surface area contributed by atoms with E-state index in [4.69, 9.17) is 9.66 Å². The number of aliphatic imine (C=N–C) groups is 1. The second kappa shape index (κ2) is 8.35. The molecule has 0 aromatic carbocycles. The smallest absolute Gasteiger partial charge is 0.324 e. The number of hydrogen-bond acceptors (Lipinski definition) is 6. The zero-order valence-electron chi connectivity index (χ0n) is 9.35. The van der Waals surface area contributed by atoms with Gasteiger partial charge in [0.2, 0.25) is 0 Å². The molecule has 18 heavy (non-hydrogen) atoms. The highest BCUT2D eigenvalue weighted by atomic mass is 33.1. The van der Waals surface area contributed by atoms with E-state index in [1.54, 1.807) is 0 Å². The van der Waals surface area contributed by atoms with Crippen LogP contribution in [-0.4, -0.2) is 40.1 Å². The van der Waals surface area contributed by atoms with Crippen molar-refractivity contribution in [3.05, 3.63) is 25.4 Å².